The lowest BCUT2D eigenvalue weighted by Gasteiger charge is -2.36. The van der Waals surface area contributed by atoms with Crippen molar-refractivity contribution in [3.05, 3.63) is 59.1 Å². The minimum absolute atomic E-state index is 0.297. The first-order chi connectivity index (χ1) is 18.3. The molecule has 0 aliphatic carbocycles. The second kappa shape index (κ2) is 11.3. The van der Waals surface area contributed by atoms with Gasteiger partial charge in [0, 0.05) is 38.1 Å². The summed E-state index contributed by atoms with van der Waals surface area (Å²) in [6, 6.07) is 15.9. The van der Waals surface area contributed by atoms with Crippen molar-refractivity contribution in [1.82, 2.24) is 15.2 Å². The molecule has 1 saturated heterocycles. The van der Waals surface area contributed by atoms with Gasteiger partial charge in [0.1, 0.15) is 17.0 Å². The lowest BCUT2D eigenvalue weighted by atomic mass is 9.98. The number of anilines is 1. The van der Waals surface area contributed by atoms with E-state index in [2.05, 4.69) is 16.3 Å². The Balaban J connectivity index is 1.49. The Morgan fingerprint density at radius 2 is 1.59 bits per heavy atom. The molecule has 2 heterocycles. The van der Waals surface area contributed by atoms with Crippen LogP contribution in [-0.2, 0) is 16.0 Å². The summed E-state index contributed by atoms with van der Waals surface area (Å²) < 4.78 is 10.9. The Hall–Kier alpha value is -3.52. The largest absolute Gasteiger partial charge is 0.444 e. The molecule has 0 spiro atoms. The third kappa shape index (κ3) is 7.53. The van der Waals surface area contributed by atoms with Crippen molar-refractivity contribution in [2.24, 2.45) is 0 Å². The van der Waals surface area contributed by atoms with Gasteiger partial charge in [-0.15, -0.1) is 0 Å². The number of fused-ring (bicyclic) bond motifs is 1. The predicted molar refractivity (Wildman–Crippen MR) is 155 cm³/mol. The Kier molecular flexibility index (Phi) is 8.25. The summed E-state index contributed by atoms with van der Waals surface area (Å²) in [5, 5.41) is 4.32. The monoisotopic (exact) mass is 552 g/mol. The highest BCUT2D eigenvalue weighted by molar-refractivity contribution is 6.33. The first-order valence-corrected chi connectivity index (χ1v) is 13.6. The molecule has 1 fully saturated rings. The van der Waals surface area contributed by atoms with Gasteiger partial charge < -0.3 is 24.6 Å². The number of ether oxygens (including phenoxy) is 2. The normalized spacial score (nSPS) is 14.3. The van der Waals surface area contributed by atoms with Crippen LogP contribution in [-0.4, -0.2) is 59.5 Å². The topological polar surface area (TPSA) is 84.0 Å². The van der Waals surface area contributed by atoms with Gasteiger partial charge in [0.2, 0.25) is 0 Å². The molecular formula is C30H37ClN4O4. The van der Waals surface area contributed by atoms with E-state index in [9.17, 15) is 9.59 Å². The van der Waals surface area contributed by atoms with Crippen molar-refractivity contribution in [3.63, 3.8) is 0 Å². The third-order valence-electron chi connectivity index (χ3n) is 6.13. The molecule has 0 bridgehead atoms. The number of alkyl carbamates (subject to hydrolysis) is 1. The van der Waals surface area contributed by atoms with E-state index < -0.39 is 17.3 Å². The summed E-state index contributed by atoms with van der Waals surface area (Å²) >= 11 is 6.72. The first-order valence-electron chi connectivity index (χ1n) is 13.2. The zero-order chi connectivity index (χ0) is 28.4. The molecule has 9 heteroatoms. The summed E-state index contributed by atoms with van der Waals surface area (Å²) in [6.45, 7) is 13.8. The van der Waals surface area contributed by atoms with Crippen molar-refractivity contribution in [1.29, 1.82) is 0 Å². The molecule has 208 valence electrons. The quantitative estimate of drug-likeness (QED) is 0.391. The van der Waals surface area contributed by atoms with Crippen LogP contribution in [0.5, 0.6) is 0 Å². The number of nitrogens with zero attached hydrogens (tertiary/aromatic N) is 3. The van der Waals surface area contributed by atoms with Crippen LogP contribution in [0.25, 0.3) is 22.0 Å². The van der Waals surface area contributed by atoms with Gasteiger partial charge in [-0.05, 0) is 76.4 Å². The minimum Gasteiger partial charge on any atom is -0.444 e. The fraction of sp³-hybridized carbons (Fsp3) is 0.433. The van der Waals surface area contributed by atoms with Crippen LogP contribution in [0.4, 0.5) is 15.4 Å². The summed E-state index contributed by atoms with van der Waals surface area (Å²) in [4.78, 5) is 33.3. The highest BCUT2D eigenvalue weighted by Gasteiger charge is 2.27. The molecule has 39 heavy (non-hydrogen) atoms. The molecule has 1 aromatic heterocycles. The van der Waals surface area contributed by atoms with Crippen molar-refractivity contribution in [2.75, 3.05) is 31.1 Å². The molecule has 2 aromatic carbocycles. The number of nitrogens with one attached hydrogen (secondary N) is 1. The van der Waals surface area contributed by atoms with Crippen molar-refractivity contribution in [2.45, 2.75) is 59.3 Å². The van der Waals surface area contributed by atoms with Crippen LogP contribution < -0.4 is 10.2 Å². The Labute approximate surface area is 235 Å². The summed E-state index contributed by atoms with van der Waals surface area (Å²) in [7, 11) is 0. The number of amides is 2. The van der Waals surface area contributed by atoms with Gasteiger partial charge in [-0.1, -0.05) is 41.9 Å². The van der Waals surface area contributed by atoms with Gasteiger partial charge in [-0.25, -0.2) is 14.6 Å². The first kappa shape index (κ1) is 28.5. The van der Waals surface area contributed by atoms with Crippen LogP contribution >= 0.6 is 11.6 Å². The molecular weight excluding hydrogens is 516 g/mol. The van der Waals surface area contributed by atoms with Gasteiger partial charge in [0.25, 0.3) is 0 Å². The van der Waals surface area contributed by atoms with Gasteiger partial charge in [-0.3, -0.25) is 0 Å². The van der Waals surface area contributed by atoms with Gasteiger partial charge in [-0.2, -0.15) is 0 Å². The smallest absolute Gasteiger partial charge is 0.410 e. The van der Waals surface area contributed by atoms with E-state index >= 15 is 0 Å². The van der Waals surface area contributed by atoms with E-state index in [0.717, 1.165) is 27.6 Å². The van der Waals surface area contributed by atoms with Gasteiger partial charge in [0.05, 0.1) is 10.5 Å². The molecule has 1 aliphatic rings. The average Bonchev–Trinajstić information content (AvgIpc) is 2.85. The van der Waals surface area contributed by atoms with Crippen LogP contribution in [0.15, 0.2) is 48.5 Å². The lowest BCUT2D eigenvalue weighted by molar-refractivity contribution is 0.0240. The van der Waals surface area contributed by atoms with Crippen molar-refractivity contribution >= 4 is 40.5 Å². The molecule has 0 unspecified atom stereocenters. The summed E-state index contributed by atoms with van der Waals surface area (Å²) in [6.07, 6.45) is -0.750. The summed E-state index contributed by atoms with van der Waals surface area (Å²) in [5.41, 5.74) is 2.73. The molecule has 0 atom stereocenters. The number of hydrogen-bond donors (Lipinski definition) is 1. The number of rotatable bonds is 4. The second-order valence-electron chi connectivity index (χ2n) is 11.7. The van der Waals surface area contributed by atoms with Crippen LogP contribution in [0, 0.1) is 0 Å². The number of halogens is 1. The van der Waals surface area contributed by atoms with Gasteiger partial charge >= 0.3 is 12.2 Å². The number of hydrogen-bond acceptors (Lipinski definition) is 6. The number of aromatic nitrogens is 1. The van der Waals surface area contributed by atoms with Crippen molar-refractivity contribution in [3.8, 4) is 11.1 Å². The molecule has 8 nitrogen and oxygen atoms in total. The van der Waals surface area contributed by atoms with Crippen LogP contribution in [0.2, 0.25) is 5.02 Å². The molecule has 4 rings (SSSR count). The highest BCUT2D eigenvalue weighted by Crippen LogP contribution is 2.32. The van der Waals surface area contributed by atoms with Gasteiger partial charge in [0.15, 0.2) is 0 Å². The Morgan fingerprint density at radius 3 is 2.26 bits per heavy atom. The van der Waals surface area contributed by atoms with Crippen molar-refractivity contribution < 1.29 is 19.1 Å². The molecule has 0 saturated carbocycles. The summed E-state index contributed by atoms with van der Waals surface area (Å²) in [5.74, 6) is 0.711. The predicted octanol–water partition coefficient (Wildman–Crippen LogP) is 6.64. The maximum atomic E-state index is 12.4. The van der Waals surface area contributed by atoms with E-state index in [-0.39, 0.29) is 6.09 Å². The standard InChI is InChI=1S/C30H37ClN4O4/c1-29(2,3)38-27(36)32-19-21-9-7-8-10-23(21)20-11-12-25-22(17-20)18-24(31)26(33-25)34-13-15-35(16-14-34)28(37)39-30(4,5)6/h7-12,17-18H,13-16,19H2,1-6H3,(H,32,36). The third-order valence-corrected chi connectivity index (χ3v) is 6.41. The maximum absolute atomic E-state index is 12.4. The maximum Gasteiger partial charge on any atom is 0.410 e. The Morgan fingerprint density at radius 1 is 0.923 bits per heavy atom. The van der Waals surface area contributed by atoms with E-state index in [1.54, 1.807) is 4.90 Å². The average molecular weight is 553 g/mol. The molecule has 1 aliphatic heterocycles. The van der Waals surface area contributed by atoms with Crippen LogP contribution in [0.1, 0.15) is 47.1 Å². The SMILES string of the molecule is CC(C)(C)OC(=O)NCc1ccccc1-c1ccc2nc(N3CCN(C(=O)OC(C)(C)C)CC3)c(Cl)cc2c1. The zero-order valence-corrected chi connectivity index (χ0v) is 24.3. The fourth-order valence-corrected chi connectivity index (χ4v) is 4.67. The number of pyridine rings is 1. The molecule has 2 amide bonds. The van der Waals surface area contributed by atoms with E-state index in [4.69, 9.17) is 26.1 Å². The number of benzene rings is 2. The minimum atomic E-state index is -0.557. The number of piperazine rings is 1. The zero-order valence-electron chi connectivity index (χ0n) is 23.5. The number of carbonyl (C=O) groups is 2. The number of carbonyl (C=O) groups excluding carboxylic acids is 2. The lowest BCUT2D eigenvalue weighted by Crippen LogP contribution is -2.50. The van der Waals surface area contributed by atoms with E-state index in [0.29, 0.717) is 43.6 Å². The molecule has 1 N–H and O–H groups in total. The molecule has 3 aromatic rings. The Bertz CT molecular complexity index is 1360. The van der Waals surface area contributed by atoms with Crippen LogP contribution in [0.3, 0.4) is 0 Å². The van der Waals surface area contributed by atoms with E-state index in [1.165, 1.54) is 0 Å². The van der Waals surface area contributed by atoms with E-state index in [1.807, 2.05) is 84.0 Å². The fourth-order valence-electron chi connectivity index (χ4n) is 4.39. The second-order valence-corrected chi connectivity index (χ2v) is 12.1. The molecule has 0 radical (unpaired) electrons. The highest BCUT2D eigenvalue weighted by atomic mass is 35.5.